The molecule has 1 aliphatic heterocycles. The molecule has 2 atom stereocenters. The lowest BCUT2D eigenvalue weighted by Crippen LogP contribution is -2.42. The number of amides is 1. The van der Waals surface area contributed by atoms with Crippen molar-refractivity contribution in [3.8, 4) is 0 Å². The number of carbonyl (C=O) groups is 1. The van der Waals surface area contributed by atoms with Crippen LogP contribution in [-0.2, 0) is 4.79 Å². The summed E-state index contributed by atoms with van der Waals surface area (Å²) in [5.41, 5.74) is 0.00444. The zero-order valence-corrected chi connectivity index (χ0v) is 10.5. The Kier molecular flexibility index (Phi) is 2.63. The first kappa shape index (κ1) is 10.5. The second-order valence-electron chi connectivity index (χ2n) is 5.05. The highest BCUT2D eigenvalue weighted by Gasteiger charge is 2.49. The molecule has 14 heavy (non-hydrogen) atoms. The van der Waals surface area contributed by atoms with Crippen molar-refractivity contribution in [2.45, 2.75) is 39.2 Å². The topological polar surface area (TPSA) is 20.3 Å². The van der Waals surface area contributed by atoms with Crippen molar-refractivity contribution < 1.29 is 4.79 Å². The minimum absolute atomic E-state index is 0.00444. The first-order chi connectivity index (χ1) is 6.58. The maximum atomic E-state index is 12.1. The van der Waals surface area contributed by atoms with E-state index >= 15 is 0 Å². The van der Waals surface area contributed by atoms with Gasteiger partial charge in [-0.05, 0) is 25.2 Å². The van der Waals surface area contributed by atoms with Gasteiger partial charge in [-0.3, -0.25) is 4.79 Å². The Hall–Kier alpha value is -0.0500. The predicted molar refractivity (Wildman–Crippen MR) is 60.4 cm³/mol. The van der Waals surface area contributed by atoms with Crippen LogP contribution < -0.4 is 0 Å². The van der Waals surface area contributed by atoms with Crippen molar-refractivity contribution in [1.29, 1.82) is 0 Å². The van der Waals surface area contributed by atoms with E-state index in [1.54, 1.807) is 0 Å². The van der Waals surface area contributed by atoms with Crippen LogP contribution in [0, 0.1) is 11.3 Å². The molecule has 0 aromatic rings. The van der Waals surface area contributed by atoms with E-state index in [9.17, 15) is 4.79 Å². The lowest BCUT2D eigenvalue weighted by atomic mass is 10.0. The van der Waals surface area contributed by atoms with E-state index in [-0.39, 0.29) is 5.41 Å². The van der Waals surface area contributed by atoms with E-state index in [0.29, 0.717) is 17.9 Å². The normalized spacial score (nSPS) is 34.6. The van der Waals surface area contributed by atoms with Crippen LogP contribution in [0.25, 0.3) is 0 Å². The SMILES string of the molecule is CC1CCN(C(=O)C2(C)CC2)C1CBr. The zero-order valence-electron chi connectivity index (χ0n) is 8.92. The van der Waals surface area contributed by atoms with Gasteiger partial charge in [0.25, 0.3) is 0 Å². The average Bonchev–Trinajstić information content (AvgIpc) is 2.79. The lowest BCUT2D eigenvalue weighted by Gasteiger charge is -2.28. The summed E-state index contributed by atoms with van der Waals surface area (Å²) in [7, 11) is 0. The molecule has 2 unspecified atom stereocenters. The van der Waals surface area contributed by atoms with Crippen LogP contribution in [0.5, 0.6) is 0 Å². The van der Waals surface area contributed by atoms with E-state index in [4.69, 9.17) is 0 Å². The molecular formula is C11H18BrNO. The predicted octanol–water partition coefficient (Wildman–Crippen LogP) is 2.42. The highest BCUT2D eigenvalue weighted by Crippen LogP contribution is 2.47. The highest BCUT2D eigenvalue weighted by atomic mass is 79.9. The zero-order chi connectivity index (χ0) is 10.3. The Bertz CT molecular complexity index is 250. The quantitative estimate of drug-likeness (QED) is 0.698. The first-order valence-electron chi connectivity index (χ1n) is 5.45. The van der Waals surface area contributed by atoms with Gasteiger partial charge < -0.3 is 4.90 Å². The summed E-state index contributed by atoms with van der Waals surface area (Å²) >= 11 is 3.52. The van der Waals surface area contributed by atoms with Crippen LogP contribution in [0.2, 0.25) is 0 Å². The minimum Gasteiger partial charge on any atom is -0.338 e. The summed E-state index contributed by atoms with van der Waals surface area (Å²) in [5.74, 6) is 1.05. The molecule has 0 spiro atoms. The number of hydrogen-bond donors (Lipinski definition) is 0. The number of alkyl halides is 1. The molecule has 2 aliphatic rings. The smallest absolute Gasteiger partial charge is 0.228 e. The van der Waals surface area contributed by atoms with Crippen LogP contribution in [0.4, 0.5) is 0 Å². The van der Waals surface area contributed by atoms with E-state index in [2.05, 4.69) is 34.7 Å². The fourth-order valence-corrected chi connectivity index (χ4v) is 3.23. The second kappa shape index (κ2) is 3.51. The Morgan fingerprint density at radius 3 is 2.71 bits per heavy atom. The maximum Gasteiger partial charge on any atom is 0.228 e. The van der Waals surface area contributed by atoms with Gasteiger partial charge in [0.1, 0.15) is 0 Å². The van der Waals surface area contributed by atoms with Gasteiger partial charge >= 0.3 is 0 Å². The van der Waals surface area contributed by atoms with Crippen LogP contribution in [-0.4, -0.2) is 28.7 Å². The molecule has 0 bridgehead atoms. The van der Waals surface area contributed by atoms with Crippen molar-refractivity contribution in [3.63, 3.8) is 0 Å². The van der Waals surface area contributed by atoms with Gasteiger partial charge in [-0.25, -0.2) is 0 Å². The fourth-order valence-electron chi connectivity index (χ4n) is 2.24. The van der Waals surface area contributed by atoms with Crippen molar-refractivity contribution in [3.05, 3.63) is 0 Å². The van der Waals surface area contributed by atoms with Crippen molar-refractivity contribution in [1.82, 2.24) is 4.90 Å². The molecule has 1 heterocycles. The van der Waals surface area contributed by atoms with Crippen molar-refractivity contribution in [2.24, 2.45) is 11.3 Å². The van der Waals surface area contributed by atoms with E-state index in [1.165, 1.54) is 0 Å². The standard InChI is InChI=1S/C11H18BrNO/c1-8-3-6-13(9(8)7-12)10(14)11(2)4-5-11/h8-9H,3-7H2,1-2H3. The first-order valence-corrected chi connectivity index (χ1v) is 6.58. The molecule has 1 saturated heterocycles. The molecule has 0 N–H and O–H groups in total. The molecule has 1 saturated carbocycles. The third-order valence-corrected chi connectivity index (χ3v) is 4.48. The molecule has 2 rings (SSSR count). The van der Waals surface area contributed by atoms with Gasteiger partial charge in [0, 0.05) is 23.3 Å². The lowest BCUT2D eigenvalue weighted by molar-refractivity contribution is -0.137. The largest absolute Gasteiger partial charge is 0.338 e. The van der Waals surface area contributed by atoms with Gasteiger partial charge in [-0.2, -0.15) is 0 Å². The highest BCUT2D eigenvalue weighted by molar-refractivity contribution is 9.09. The third-order valence-electron chi connectivity index (χ3n) is 3.82. The second-order valence-corrected chi connectivity index (χ2v) is 5.69. The molecule has 1 amide bonds. The van der Waals surface area contributed by atoms with Crippen LogP contribution in [0.15, 0.2) is 0 Å². The molecule has 2 nitrogen and oxygen atoms in total. The maximum absolute atomic E-state index is 12.1. The summed E-state index contributed by atoms with van der Waals surface area (Å²) in [6, 6.07) is 0.430. The van der Waals surface area contributed by atoms with Gasteiger partial charge in [0.05, 0.1) is 0 Å². The number of nitrogens with zero attached hydrogens (tertiary/aromatic N) is 1. The fraction of sp³-hybridized carbons (Fsp3) is 0.909. The van der Waals surface area contributed by atoms with Gasteiger partial charge in [-0.15, -0.1) is 0 Å². The summed E-state index contributed by atoms with van der Waals surface area (Å²) in [6.45, 7) is 5.31. The molecule has 2 fully saturated rings. The van der Waals surface area contributed by atoms with E-state index in [1.807, 2.05) is 0 Å². The monoisotopic (exact) mass is 259 g/mol. The molecule has 1 aliphatic carbocycles. The number of halogens is 1. The number of carbonyl (C=O) groups excluding carboxylic acids is 1. The molecule has 3 heteroatoms. The van der Waals surface area contributed by atoms with Gasteiger partial charge in [0.15, 0.2) is 0 Å². The molecule has 0 aromatic heterocycles. The van der Waals surface area contributed by atoms with Gasteiger partial charge in [-0.1, -0.05) is 29.8 Å². The Balaban J connectivity index is 2.07. The van der Waals surface area contributed by atoms with Crippen LogP contribution in [0.3, 0.4) is 0 Å². The number of rotatable bonds is 2. The Labute approximate surface area is 94.2 Å². The summed E-state index contributed by atoms with van der Waals surface area (Å²) in [6.07, 6.45) is 3.34. The molecule has 0 aromatic carbocycles. The molecule has 0 radical (unpaired) electrons. The minimum atomic E-state index is 0.00444. The van der Waals surface area contributed by atoms with Crippen molar-refractivity contribution >= 4 is 21.8 Å². The van der Waals surface area contributed by atoms with Gasteiger partial charge in [0.2, 0.25) is 5.91 Å². The average molecular weight is 260 g/mol. The summed E-state index contributed by atoms with van der Waals surface area (Å²) in [4.78, 5) is 14.3. The number of hydrogen-bond acceptors (Lipinski definition) is 1. The summed E-state index contributed by atoms with van der Waals surface area (Å²) in [5, 5.41) is 0.927. The Morgan fingerprint density at radius 2 is 2.21 bits per heavy atom. The van der Waals surface area contributed by atoms with Crippen LogP contribution >= 0.6 is 15.9 Å². The van der Waals surface area contributed by atoms with E-state index in [0.717, 1.165) is 31.1 Å². The Morgan fingerprint density at radius 1 is 1.57 bits per heavy atom. The molecular weight excluding hydrogens is 242 g/mol. The molecule has 80 valence electrons. The van der Waals surface area contributed by atoms with Crippen LogP contribution in [0.1, 0.15) is 33.1 Å². The third kappa shape index (κ3) is 1.60. The summed E-state index contributed by atoms with van der Waals surface area (Å²) < 4.78 is 0. The van der Waals surface area contributed by atoms with E-state index < -0.39 is 0 Å². The van der Waals surface area contributed by atoms with Crippen molar-refractivity contribution in [2.75, 3.05) is 11.9 Å². The number of likely N-dealkylation sites (tertiary alicyclic amines) is 1.